The maximum Gasteiger partial charge on any atom is 0.0164 e. The van der Waals surface area contributed by atoms with E-state index >= 15 is 0 Å². The molecule has 4 fully saturated rings. The van der Waals surface area contributed by atoms with Gasteiger partial charge in [-0.15, -0.1) is 0 Å². The fourth-order valence-corrected chi connectivity index (χ4v) is 4.59. The Morgan fingerprint density at radius 3 is 2.07 bits per heavy atom. The smallest absolute Gasteiger partial charge is 0.0164 e. The molecule has 0 amide bonds. The maximum absolute atomic E-state index is 5.71. The maximum atomic E-state index is 5.71. The molecule has 86 valence electrons. The zero-order valence-electron chi connectivity index (χ0n) is 9.78. The van der Waals surface area contributed by atoms with Crippen LogP contribution < -0.4 is 11.1 Å². The molecule has 4 rings (SSSR count). The van der Waals surface area contributed by atoms with Crippen LogP contribution in [0.5, 0.6) is 0 Å². The van der Waals surface area contributed by atoms with Crippen molar-refractivity contribution in [1.82, 2.24) is 5.32 Å². The average molecular weight is 208 g/mol. The zero-order chi connectivity index (χ0) is 10.4. The monoisotopic (exact) mass is 208 g/mol. The van der Waals surface area contributed by atoms with Gasteiger partial charge in [-0.3, -0.25) is 0 Å². The number of nitrogens with one attached hydrogen (secondary N) is 1. The van der Waals surface area contributed by atoms with Crippen molar-refractivity contribution in [2.45, 2.75) is 51.1 Å². The van der Waals surface area contributed by atoms with Gasteiger partial charge in [0, 0.05) is 18.6 Å². The van der Waals surface area contributed by atoms with Crippen molar-refractivity contribution in [1.29, 1.82) is 0 Å². The summed E-state index contributed by atoms with van der Waals surface area (Å²) < 4.78 is 0. The first kappa shape index (κ1) is 10.1. The van der Waals surface area contributed by atoms with Gasteiger partial charge in [-0.25, -0.2) is 0 Å². The highest BCUT2D eigenvalue weighted by molar-refractivity contribution is 5.01. The van der Waals surface area contributed by atoms with Crippen molar-refractivity contribution < 1.29 is 0 Å². The van der Waals surface area contributed by atoms with E-state index in [1.165, 1.54) is 25.7 Å². The molecule has 0 radical (unpaired) electrons. The van der Waals surface area contributed by atoms with Gasteiger partial charge in [-0.1, -0.05) is 0 Å². The summed E-state index contributed by atoms with van der Waals surface area (Å²) >= 11 is 0. The highest BCUT2D eigenvalue weighted by Crippen LogP contribution is 2.53. The Morgan fingerprint density at radius 1 is 1.07 bits per heavy atom. The lowest BCUT2D eigenvalue weighted by atomic mass is 9.54. The van der Waals surface area contributed by atoms with Gasteiger partial charge in [0.25, 0.3) is 0 Å². The molecule has 2 nitrogen and oxygen atoms in total. The molecule has 4 bridgehead atoms. The molecule has 4 aliphatic carbocycles. The topological polar surface area (TPSA) is 38.0 Å². The fraction of sp³-hybridized carbons (Fsp3) is 1.00. The average Bonchev–Trinajstić information content (AvgIpc) is 2.22. The van der Waals surface area contributed by atoms with Crippen molar-refractivity contribution in [3.05, 3.63) is 0 Å². The molecular weight excluding hydrogens is 184 g/mol. The van der Waals surface area contributed by atoms with Gasteiger partial charge < -0.3 is 11.1 Å². The molecule has 0 aromatic heterocycles. The summed E-state index contributed by atoms with van der Waals surface area (Å²) in [6.07, 6.45) is 7.56. The van der Waals surface area contributed by atoms with Crippen molar-refractivity contribution in [3.63, 3.8) is 0 Å². The highest BCUT2D eigenvalue weighted by Gasteiger charge is 2.48. The Morgan fingerprint density at radius 2 is 1.60 bits per heavy atom. The molecule has 3 N–H and O–H groups in total. The van der Waals surface area contributed by atoms with Gasteiger partial charge in [0.1, 0.15) is 0 Å². The van der Waals surface area contributed by atoms with Crippen LogP contribution in [0.15, 0.2) is 0 Å². The van der Waals surface area contributed by atoms with Crippen LogP contribution in [0.25, 0.3) is 0 Å². The summed E-state index contributed by atoms with van der Waals surface area (Å²) in [6.45, 7) is 3.01. The first-order chi connectivity index (χ1) is 7.26. The molecule has 4 saturated carbocycles. The lowest BCUT2D eigenvalue weighted by Crippen LogP contribution is -2.57. The summed E-state index contributed by atoms with van der Waals surface area (Å²) in [4.78, 5) is 0. The van der Waals surface area contributed by atoms with E-state index in [2.05, 4.69) is 12.2 Å². The number of rotatable bonds is 3. The van der Waals surface area contributed by atoms with E-state index in [0.29, 0.717) is 6.04 Å². The lowest BCUT2D eigenvalue weighted by Gasteiger charge is -2.55. The quantitative estimate of drug-likeness (QED) is 0.741. The van der Waals surface area contributed by atoms with E-state index in [0.717, 1.165) is 36.3 Å². The van der Waals surface area contributed by atoms with Crippen LogP contribution in [0.3, 0.4) is 0 Å². The summed E-state index contributed by atoms with van der Waals surface area (Å²) in [5.74, 6) is 4.13. The van der Waals surface area contributed by atoms with E-state index in [1.54, 1.807) is 6.42 Å². The Balaban J connectivity index is 1.69. The zero-order valence-corrected chi connectivity index (χ0v) is 9.78. The van der Waals surface area contributed by atoms with Gasteiger partial charge in [0.2, 0.25) is 0 Å². The molecule has 0 aromatic rings. The minimum atomic E-state index is 0.507. The molecule has 15 heavy (non-hydrogen) atoms. The first-order valence-electron chi connectivity index (χ1n) is 6.72. The lowest BCUT2D eigenvalue weighted by molar-refractivity contribution is -0.0166. The van der Waals surface area contributed by atoms with Crippen molar-refractivity contribution in [3.8, 4) is 0 Å². The Kier molecular flexibility index (Phi) is 2.52. The van der Waals surface area contributed by atoms with Crippen LogP contribution in [-0.4, -0.2) is 18.6 Å². The summed E-state index contributed by atoms with van der Waals surface area (Å²) in [6, 6.07) is 1.31. The predicted molar refractivity (Wildman–Crippen MR) is 62.5 cm³/mol. The van der Waals surface area contributed by atoms with E-state index in [4.69, 9.17) is 5.73 Å². The van der Waals surface area contributed by atoms with Gasteiger partial charge in [-0.05, 0) is 62.7 Å². The fourth-order valence-electron chi connectivity index (χ4n) is 4.59. The molecule has 0 heterocycles. The molecule has 0 aliphatic heterocycles. The largest absolute Gasteiger partial charge is 0.329 e. The minimum absolute atomic E-state index is 0.507. The van der Waals surface area contributed by atoms with E-state index in [9.17, 15) is 0 Å². The normalized spacial score (nSPS) is 49.6. The van der Waals surface area contributed by atoms with Gasteiger partial charge in [-0.2, -0.15) is 0 Å². The highest BCUT2D eigenvalue weighted by atomic mass is 15.0. The van der Waals surface area contributed by atoms with E-state index in [-0.39, 0.29) is 0 Å². The Labute approximate surface area is 93.0 Å². The minimum Gasteiger partial charge on any atom is -0.329 e. The van der Waals surface area contributed by atoms with Crippen LogP contribution in [0.1, 0.15) is 39.0 Å². The molecule has 0 spiro atoms. The molecule has 1 atom stereocenters. The van der Waals surface area contributed by atoms with Gasteiger partial charge >= 0.3 is 0 Å². The predicted octanol–water partition coefficient (Wildman–Crippen LogP) is 1.75. The second-order valence-corrected chi connectivity index (χ2v) is 6.26. The van der Waals surface area contributed by atoms with E-state index < -0.39 is 0 Å². The molecule has 4 aliphatic rings. The Bertz CT molecular complexity index is 211. The van der Waals surface area contributed by atoms with Crippen LogP contribution in [0, 0.1) is 23.7 Å². The van der Waals surface area contributed by atoms with Gasteiger partial charge in [0.05, 0.1) is 0 Å². The number of hydrogen-bond donors (Lipinski definition) is 2. The number of hydrogen-bond acceptors (Lipinski definition) is 2. The SMILES string of the molecule is CC(CN)NC1C2CC3CC(C2)CC1C3. The van der Waals surface area contributed by atoms with Crippen LogP contribution in [-0.2, 0) is 0 Å². The molecule has 0 aromatic carbocycles. The molecule has 0 saturated heterocycles. The molecular formula is C13H24N2. The van der Waals surface area contributed by atoms with Crippen molar-refractivity contribution in [2.75, 3.05) is 6.54 Å². The third kappa shape index (κ3) is 1.72. The summed E-state index contributed by atoms with van der Waals surface area (Å²) in [5, 5.41) is 3.79. The van der Waals surface area contributed by atoms with E-state index in [1.807, 2.05) is 0 Å². The molecule has 2 heteroatoms. The summed E-state index contributed by atoms with van der Waals surface area (Å²) in [5.41, 5.74) is 5.71. The Hall–Kier alpha value is -0.0800. The first-order valence-corrected chi connectivity index (χ1v) is 6.72. The second kappa shape index (κ2) is 3.74. The number of nitrogens with two attached hydrogens (primary N) is 1. The molecule has 1 unspecified atom stereocenters. The standard InChI is InChI=1S/C13H24N2/c1-8(7-14)15-13-11-3-9-2-10(5-11)6-12(13)4-9/h8-13,15H,2-7,14H2,1H3. The van der Waals surface area contributed by atoms with Crippen LogP contribution >= 0.6 is 0 Å². The summed E-state index contributed by atoms with van der Waals surface area (Å²) in [7, 11) is 0. The van der Waals surface area contributed by atoms with Crippen molar-refractivity contribution >= 4 is 0 Å². The third-order valence-electron chi connectivity index (χ3n) is 5.06. The van der Waals surface area contributed by atoms with Gasteiger partial charge in [0.15, 0.2) is 0 Å². The third-order valence-corrected chi connectivity index (χ3v) is 5.06. The second-order valence-electron chi connectivity index (χ2n) is 6.26. The van der Waals surface area contributed by atoms with Crippen LogP contribution in [0.4, 0.5) is 0 Å². The van der Waals surface area contributed by atoms with Crippen molar-refractivity contribution in [2.24, 2.45) is 29.4 Å². The van der Waals surface area contributed by atoms with Crippen LogP contribution in [0.2, 0.25) is 0 Å².